The number of nitrogens with two attached hydrogens (primary N) is 1. The van der Waals surface area contributed by atoms with Crippen LogP contribution in [0.2, 0.25) is 0 Å². The summed E-state index contributed by atoms with van der Waals surface area (Å²) in [4.78, 5) is 8.18. The fourth-order valence-electron chi connectivity index (χ4n) is 1.34. The summed E-state index contributed by atoms with van der Waals surface area (Å²) in [6.45, 7) is 2.95. The molecule has 1 aliphatic rings. The smallest absolute Gasteiger partial charge is 0.148 e. The molecule has 76 valence electrons. The quantitative estimate of drug-likeness (QED) is 0.489. The minimum atomic E-state index is 0.679. The van der Waals surface area contributed by atoms with E-state index in [0.29, 0.717) is 5.82 Å². The van der Waals surface area contributed by atoms with Gasteiger partial charge < -0.3 is 10.7 Å². The predicted octanol–water partition coefficient (Wildman–Crippen LogP) is 0.893. The van der Waals surface area contributed by atoms with Crippen molar-refractivity contribution in [2.45, 2.75) is 19.8 Å². The molecule has 2 rings (SSSR count). The zero-order valence-corrected chi connectivity index (χ0v) is 8.25. The molecule has 1 aromatic rings. The predicted molar refractivity (Wildman–Crippen MR) is 55.8 cm³/mol. The van der Waals surface area contributed by atoms with Gasteiger partial charge in [0.15, 0.2) is 0 Å². The Morgan fingerprint density at radius 3 is 2.79 bits per heavy atom. The highest BCUT2D eigenvalue weighted by Gasteiger charge is 2.21. The lowest BCUT2D eigenvalue weighted by atomic mass is 10.3. The average molecular weight is 193 g/mol. The first-order valence-corrected chi connectivity index (χ1v) is 4.83. The van der Waals surface area contributed by atoms with Gasteiger partial charge in [0.05, 0.1) is 0 Å². The molecule has 0 spiro atoms. The summed E-state index contributed by atoms with van der Waals surface area (Å²) in [6, 6.07) is 0. The molecule has 1 aromatic heterocycles. The Hall–Kier alpha value is -1.36. The normalized spacial score (nSPS) is 15.3. The fraction of sp³-hybridized carbons (Fsp3) is 0.556. The van der Waals surface area contributed by atoms with Crippen molar-refractivity contribution in [3.8, 4) is 0 Å². The second kappa shape index (κ2) is 3.79. The Balaban J connectivity index is 2.06. The van der Waals surface area contributed by atoms with Gasteiger partial charge in [-0.1, -0.05) is 0 Å². The van der Waals surface area contributed by atoms with Gasteiger partial charge in [0, 0.05) is 12.1 Å². The molecule has 4 N–H and O–H groups in total. The molecule has 0 atom stereocenters. The van der Waals surface area contributed by atoms with E-state index in [0.717, 1.165) is 23.8 Å². The van der Waals surface area contributed by atoms with E-state index in [1.807, 2.05) is 6.92 Å². The minimum Gasteiger partial charge on any atom is -0.369 e. The van der Waals surface area contributed by atoms with Crippen LogP contribution in [0, 0.1) is 12.8 Å². The van der Waals surface area contributed by atoms with Crippen molar-refractivity contribution < 1.29 is 0 Å². The third-order valence-electron chi connectivity index (χ3n) is 2.48. The zero-order valence-electron chi connectivity index (χ0n) is 8.25. The highest BCUT2D eigenvalue weighted by Crippen LogP contribution is 2.29. The van der Waals surface area contributed by atoms with Gasteiger partial charge in [-0.3, -0.25) is 0 Å². The molecule has 1 saturated carbocycles. The molecular formula is C9H15N5. The summed E-state index contributed by atoms with van der Waals surface area (Å²) in [5.41, 5.74) is 3.52. The summed E-state index contributed by atoms with van der Waals surface area (Å²) < 4.78 is 0. The number of hydrogen-bond donors (Lipinski definition) is 3. The Morgan fingerprint density at radius 1 is 1.43 bits per heavy atom. The van der Waals surface area contributed by atoms with Crippen molar-refractivity contribution in [3.05, 3.63) is 11.9 Å². The largest absolute Gasteiger partial charge is 0.369 e. The third kappa shape index (κ3) is 1.93. The minimum absolute atomic E-state index is 0.679. The van der Waals surface area contributed by atoms with Crippen molar-refractivity contribution >= 4 is 11.6 Å². The monoisotopic (exact) mass is 193 g/mol. The molecule has 0 radical (unpaired) electrons. The molecule has 1 aliphatic carbocycles. The summed E-state index contributed by atoms with van der Waals surface area (Å²) in [5.74, 6) is 7.71. The molecule has 0 amide bonds. The Kier molecular flexibility index (Phi) is 2.49. The van der Waals surface area contributed by atoms with Crippen LogP contribution in [0.4, 0.5) is 11.6 Å². The van der Waals surface area contributed by atoms with Crippen molar-refractivity contribution in [1.82, 2.24) is 9.97 Å². The molecule has 0 unspecified atom stereocenters. The first-order valence-electron chi connectivity index (χ1n) is 4.83. The lowest BCUT2D eigenvalue weighted by Crippen LogP contribution is -2.13. The standard InChI is InChI=1S/C9H15N5/c1-6-8(11-4-7-2-3-7)12-5-13-9(6)14-10/h5,7H,2-4,10H2,1H3,(H2,11,12,13,14). The van der Waals surface area contributed by atoms with Crippen LogP contribution in [0.3, 0.4) is 0 Å². The topological polar surface area (TPSA) is 75.9 Å². The second-order valence-corrected chi connectivity index (χ2v) is 3.66. The molecule has 5 nitrogen and oxygen atoms in total. The maximum atomic E-state index is 5.32. The number of nitrogens with zero attached hydrogens (tertiary/aromatic N) is 2. The molecule has 1 fully saturated rings. The van der Waals surface area contributed by atoms with E-state index in [4.69, 9.17) is 5.84 Å². The van der Waals surface area contributed by atoms with Crippen molar-refractivity contribution in [1.29, 1.82) is 0 Å². The second-order valence-electron chi connectivity index (χ2n) is 3.66. The van der Waals surface area contributed by atoms with Crippen LogP contribution in [-0.2, 0) is 0 Å². The molecule has 1 heterocycles. The van der Waals surface area contributed by atoms with Gasteiger partial charge in [0.25, 0.3) is 0 Å². The summed E-state index contributed by atoms with van der Waals surface area (Å²) in [7, 11) is 0. The first kappa shape index (κ1) is 9.21. The highest BCUT2D eigenvalue weighted by molar-refractivity contribution is 5.55. The van der Waals surface area contributed by atoms with Gasteiger partial charge >= 0.3 is 0 Å². The van der Waals surface area contributed by atoms with Gasteiger partial charge in [-0.05, 0) is 25.7 Å². The Bertz CT molecular complexity index is 321. The van der Waals surface area contributed by atoms with Crippen molar-refractivity contribution in [2.24, 2.45) is 11.8 Å². The number of hydrogen-bond acceptors (Lipinski definition) is 5. The number of aromatic nitrogens is 2. The number of rotatable bonds is 4. The number of nitrogen functional groups attached to an aromatic ring is 1. The van der Waals surface area contributed by atoms with E-state index >= 15 is 0 Å². The molecular weight excluding hydrogens is 178 g/mol. The maximum Gasteiger partial charge on any atom is 0.148 e. The lowest BCUT2D eigenvalue weighted by molar-refractivity contribution is 0.878. The van der Waals surface area contributed by atoms with Crippen molar-refractivity contribution in [3.63, 3.8) is 0 Å². The fourth-order valence-corrected chi connectivity index (χ4v) is 1.34. The van der Waals surface area contributed by atoms with Gasteiger partial charge in [0.1, 0.15) is 18.0 Å². The number of anilines is 2. The Labute approximate surface area is 83.1 Å². The highest BCUT2D eigenvalue weighted by atomic mass is 15.3. The zero-order chi connectivity index (χ0) is 9.97. The van der Waals surface area contributed by atoms with Crippen molar-refractivity contribution in [2.75, 3.05) is 17.3 Å². The third-order valence-corrected chi connectivity index (χ3v) is 2.48. The molecule has 14 heavy (non-hydrogen) atoms. The van der Waals surface area contributed by atoms with Gasteiger partial charge in [0.2, 0.25) is 0 Å². The van der Waals surface area contributed by atoms with E-state index in [1.54, 1.807) is 0 Å². The van der Waals surface area contributed by atoms with Gasteiger partial charge in [-0.25, -0.2) is 15.8 Å². The van der Waals surface area contributed by atoms with Gasteiger partial charge in [-0.2, -0.15) is 0 Å². The van der Waals surface area contributed by atoms with Crippen LogP contribution in [0.5, 0.6) is 0 Å². The number of nitrogens with one attached hydrogen (secondary N) is 2. The lowest BCUT2D eigenvalue weighted by Gasteiger charge is -2.09. The van der Waals surface area contributed by atoms with Crippen LogP contribution in [0.15, 0.2) is 6.33 Å². The van der Waals surface area contributed by atoms with Crippen LogP contribution in [-0.4, -0.2) is 16.5 Å². The molecule has 0 aliphatic heterocycles. The summed E-state index contributed by atoms with van der Waals surface area (Å²) >= 11 is 0. The molecule has 0 saturated heterocycles. The molecule has 5 heteroatoms. The van der Waals surface area contributed by atoms with Gasteiger partial charge in [-0.15, -0.1) is 0 Å². The first-order chi connectivity index (χ1) is 6.81. The van der Waals surface area contributed by atoms with Crippen LogP contribution in [0.1, 0.15) is 18.4 Å². The number of hydrazine groups is 1. The Morgan fingerprint density at radius 2 is 2.14 bits per heavy atom. The van der Waals surface area contributed by atoms with E-state index in [9.17, 15) is 0 Å². The van der Waals surface area contributed by atoms with E-state index < -0.39 is 0 Å². The van der Waals surface area contributed by atoms with Crippen LogP contribution in [0.25, 0.3) is 0 Å². The molecule has 0 bridgehead atoms. The van der Waals surface area contributed by atoms with E-state index in [-0.39, 0.29) is 0 Å². The van der Waals surface area contributed by atoms with E-state index in [2.05, 4.69) is 20.7 Å². The summed E-state index contributed by atoms with van der Waals surface area (Å²) in [5, 5.41) is 3.30. The van der Waals surface area contributed by atoms with Crippen LogP contribution >= 0.6 is 0 Å². The average Bonchev–Trinajstić information content (AvgIpc) is 3.00. The van der Waals surface area contributed by atoms with E-state index in [1.165, 1.54) is 19.2 Å². The summed E-state index contributed by atoms with van der Waals surface area (Å²) in [6.07, 6.45) is 4.18. The van der Waals surface area contributed by atoms with Crippen LogP contribution < -0.4 is 16.6 Å². The SMILES string of the molecule is Cc1c(NN)ncnc1NCC1CC1. The maximum absolute atomic E-state index is 5.32. The molecule has 0 aromatic carbocycles.